The van der Waals surface area contributed by atoms with Crippen LogP contribution in [0.3, 0.4) is 0 Å². The first kappa shape index (κ1) is 32.4. The number of rotatable bonds is 12. The number of ether oxygens (including phenoxy) is 2. The average molecular weight is 591 g/mol. The zero-order valence-electron chi connectivity index (χ0n) is 25.3. The fourth-order valence-electron chi connectivity index (χ4n) is 3.95. The second-order valence-corrected chi connectivity index (χ2v) is 16.5. The minimum absolute atomic E-state index is 0.0597. The van der Waals surface area contributed by atoms with Crippen LogP contribution in [0.5, 0.6) is 5.75 Å². The van der Waals surface area contributed by atoms with Gasteiger partial charge >= 0.3 is 12.1 Å². The number of alkyl carbamates (subject to hydrolysis) is 1. The third kappa shape index (κ3) is 9.76. The summed E-state index contributed by atoms with van der Waals surface area (Å²) in [6.07, 6.45) is -0.322. The van der Waals surface area contributed by atoms with Gasteiger partial charge in [-0.15, -0.1) is 0 Å². The van der Waals surface area contributed by atoms with Crippen LogP contribution in [0.2, 0.25) is 18.1 Å². The van der Waals surface area contributed by atoms with Gasteiger partial charge in [-0.3, -0.25) is 4.79 Å². The molecule has 2 amide bonds. The number of carbonyl (C=O) groups is 3. The van der Waals surface area contributed by atoms with Crippen molar-refractivity contribution in [3.05, 3.63) is 102 Å². The second-order valence-electron chi connectivity index (χ2n) is 11.7. The van der Waals surface area contributed by atoms with Gasteiger partial charge in [-0.25, -0.2) is 9.59 Å². The van der Waals surface area contributed by atoms with Crippen LogP contribution in [0.25, 0.3) is 0 Å². The van der Waals surface area contributed by atoms with Crippen molar-refractivity contribution in [3.63, 3.8) is 0 Å². The van der Waals surface area contributed by atoms with E-state index in [9.17, 15) is 14.4 Å². The average Bonchev–Trinajstić information content (AvgIpc) is 2.96. The zero-order valence-corrected chi connectivity index (χ0v) is 26.3. The standard InChI is InChI=1S/C33H42N2O6Si/c1-33(2,3)42(5,6)41-27-19-17-25(18-20-27)22-29(31(37)39-4)34-30(36)28(21-24-13-9-7-10-14-24)35-32(38)40-23-26-15-11-8-12-16-26/h7-20,28-29H,21-23H2,1-6H3,(H,34,36)(H,35,38)/t28-,29-/m0/s1. The third-order valence-corrected chi connectivity index (χ3v) is 11.8. The lowest BCUT2D eigenvalue weighted by molar-refractivity contribution is -0.145. The smallest absolute Gasteiger partial charge is 0.408 e. The zero-order chi connectivity index (χ0) is 30.8. The molecular weight excluding hydrogens is 548 g/mol. The van der Waals surface area contributed by atoms with Gasteiger partial charge in [0.2, 0.25) is 14.2 Å². The number of amides is 2. The molecule has 0 bridgehead atoms. The van der Waals surface area contributed by atoms with Crippen molar-refractivity contribution < 1.29 is 28.3 Å². The van der Waals surface area contributed by atoms with E-state index >= 15 is 0 Å². The molecule has 3 aromatic rings. The van der Waals surface area contributed by atoms with Crippen LogP contribution in [0.1, 0.15) is 37.5 Å². The number of benzene rings is 3. The van der Waals surface area contributed by atoms with E-state index in [0.717, 1.165) is 22.4 Å². The van der Waals surface area contributed by atoms with Gasteiger partial charge in [-0.2, -0.15) is 0 Å². The lowest BCUT2D eigenvalue weighted by atomic mass is 10.0. The molecule has 0 radical (unpaired) electrons. The van der Waals surface area contributed by atoms with Crippen molar-refractivity contribution >= 4 is 26.3 Å². The number of esters is 1. The number of hydrogen-bond acceptors (Lipinski definition) is 6. The van der Waals surface area contributed by atoms with Gasteiger partial charge in [-0.1, -0.05) is 93.6 Å². The highest BCUT2D eigenvalue weighted by Gasteiger charge is 2.39. The van der Waals surface area contributed by atoms with E-state index in [4.69, 9.17) is 13.9 Å². The van der Waals surface area contributed by atoms with Gasteiger partial charge in [0.1, 0.15) is 24.4 Å². The summed E-state index contributed by atoms with van der Waals surface area (Å²) in [5.41, 5.74) is 2.49. The molecule has 0 spiro atoms. The van der Waals surface area contributed by atoms with E-state index in [-0.39, 0.29) is 24.5 Å². The first-order valence-corrected chi connectivity index (χ1v) is 17.0. The molecule has 0 heterocycles. The molecule has 2 atom stereocenters. The van der Waals surface area contributed by atoms with Crippen LogP contribution in [-0.2, 0) is 38.5 Å². The van der Waals surface area contributed by atoms with Gasteiger partial charge in [0.05, 0.1) is 7.11 Å². The van der Waals surface area contributed by atoms with Crippen LogP contribution >= 0.6 is 0 Å². The Balaban J connectivity index is 1.71. The molecule has 0 fully saturated rings. The highest BCUT2D eigenvalue weighted by atomic mass is 28.4. The van der Waals surface area contributed by atoms with Crippen LogP contribution in [-0.4, -0.2) is 45.5 Å². The van der Waals surface area contributed by atoms with Crippen LogP contribution in [0.15, 0.2) is 84.9 Å². The number of nitrogens with one attached hydrogen (secondary N) is 2. The Kier molecular flexibility index (Phi) is 11.3. The molecule has 2 N–H and O–H groups in total. The molecule has 8 nitrogen and oxygen atoms in total. The maximum absolute atomic E-state index is 13.5. The molecule has 0 saturated carbocycles. The molecule has 0 aliphatic rings. The molecule has 42 heavy (non-hydrogen) atoms. The Hall–Kier alpha value is -4.11. The van der Waals surface area contributed by atoms with E-state index in [0.29, 0.717) is 0 Å². The first-order chi connectivity index (χ1) is 19.9. The quantitative estimate of drug-likeness (QED) is 0.204. The molecule has 0 unspecified atom stereocenters. The summed E-state index contributed by atoms with van der Waals surface area (Å²) in [5.74, 6) is -0.344. The molecule has 224 valence electrons. The molecule has 0 aliphatic heterocycles. The van der Waals surface area contributed by atoms with Crippen molar-refractivity contribution in [3.8, 4) is 5.75 Å². The maximum Gasteiger partial charge on any atom is 0.408 e. The van der Waals surface area contributed by atoms with E-state index in [1.807, 2.05) is 84.9 Å². The topological polar surface area (TPSA) is 103 Å². The fraction of sp³-hybridized carbons (Fsp3) is 0.364. The second kappa shape index (κ2) is 14.7. The summed E-state index contributed by atoms with van der Waals surface area (Å²) < 4.78 is 16.7. The molecule has 3 aromatic carbocycles. The number of carbonyl (C=O) groups excluding carboxylic acids is 3. The lowest BCUT2D eigenvalue weighted by Gasteiger charge is -2.36. The van der Waals surface area contributed by atoms with Crippen molar-refractivity contribution in [1.82, 2.24) is 10.6 Å². The predicted molar refractivity (Wildman–Crippen MR) is 166 cm³/mol. The summed E-state index contributed by atoms with van der Waals surface area (Å²) in [7, 11) is -0.724. The van der Waals surface area contributed by atoms with Crippen molar-refractivity contribution in [1.29, 1.82) is 0 Å². The Morgan fingerprint density at radius 1 is 0.738 bits per heavy atom. The van der Waals surface area contributed by atoms with Crippen molar-refractivity contribution in [2.75, 3.05) is 7.11 Å². The predicted octanol–water partition coefficient (Wildman–Crippen LogP) is 5.81. The maximum atomic E-state index is 13.5. The summed E-state index contributed by atoms with van der Waals surface area (Å²) in [6, 6.07) is 24.1. The lowest BCUT2D eigenvalue weighted by Crippen LogP contribution is -2.53. The van der Waals surface area contributed by atoms with Gasteiger partial charge in [0.25, 0.3) is 0 Å². The Labute approximate surface area is 249 Å². The minimum atomic E-state index is -2.00. The normalized spacial score (nSPS) is 12.9. The van der Waals surface area contributed by atoms with Crippen LogP contribution in [0.4, 0.5) is 4.79 Å². The van der Waals surface area contributed by atoms with Crippen LogP contribution in [0, 0.1) is 0 Å². The van der Waals surface area contributed by atoms with Crippen molar-refractivity contribution in [2.45, 2.75) is 70.4 Å². The van der Waals surface area contributed by atoms with Gasteiger partial charge in [-0.05, 0) is 47.0 Å². The molecule has 0 aliphatic carbocycles. The first-order valence-electron chi connectivity index (χ1n) is 14.1. The highest BCUT2D eigenvalue weighted by molar-refractivity contribution is 6.74. The van der Waals surface area contributed by atoms with Crippen LogP contribution < -0.4 is 15.1 Å². The SMILES string of the molecule is COC(=O)[C@H](Cc1ccc(O[Si](C)(C)C(C)(C)C)cc1)NC(=O)[C@H](Cc1ccccc1)NC(=O)OCc1ccccc1. The number of hydrogen-bond donors (Lipinski definition) is 2. The summed E-state index contributed by atoms with van der Waals surface area (Å²) >= 11 is 0. The van der Waals surface area contributed by atoms with Crippen molar-refractivity contribution in [2.24, 2.45) is 0 Å². The largest absolute Gasteiger partial charge is 0.544 e. The van der Waals surface area contributed by atoms with E-state index in [1.54, 1.807) is 0 Å². The van der Waals surface area contributed by atoms with E-state index in [1.165, 1.54) is 7.11 Å². The highest BCUT2D eigenvalue weighted by Crippen LogP contribution is 2.37. The molecule has 0 aromatic heterocycles. The van der Waals surface area contributed by atoms with Gasteiger partial charge < -0.3 is 24.5 Å². The van der Waals surface area contributed by atoms with E-state index < -0.39 is 38.4 Å². The Morgan fingerprint density at radius 3 is 1.81 bits per heavy atom. The summed E-state index contributed by atoms with van der Waals surface area (Å²) in [4.78, 5) is 38.9. The summed E-state index contributed by atoms with van der Waals surface area (Å²) in [5, 5.41) is 5.51. The molecular formula is C33H42N2O6Si. The Bertz CT molecular complexity index is 1310. The fourth-order valence-corrected chi connectivity index (χ4v) is 4.98. The van der Waals surface area contributed by atoms with E-state index in [2.05, 4.69) is 44.5 Å². The minimum Gasteiger partial charge on any atom is -0.544 e. The summed E-state index contributed by atoms with van der Waals surface area (Å²) in [6.45, 7) is 11.0. The third-order valence-electron chi connectivity index (χ3n) is 7.45. The van der Waals surface area contributed by atoms with Gasteiger partial charge in [0, 0.05) is 12.8 Å². The number of methoxy groups -OCH3 is 1. The monoisotopic (exact) mass is 590 g/mol. The molecule has 9 heteroatoms. The molecule has 3 rings (SSSR count). The Morgan fingerprint density at radius 2 is 1.26 bits per heavy atom. The van der Waals surface area contributed by atoms with Gasteiger partial charge in [0.15, 0.2) is 0 Å². The molecule has 0 saturated heterocycles.